The average Bonchev–Trinajstić information content (AvgIpc) is 2.80. The highest BCUT2D eigenvalue weighted by Crippen LogP contribution is 2.33. The van der Waals surface area contributed by atoms with Crippen LogP contribution in [-0.2, 0) is 6.18 Å². The molecule has 1 aromatic heterocycles. The number of aliphatic hydroxyl groups excluding tert-OH is 1. The maximum absolute atomic E-state index is 12.5. The minimum atomic E-state index is -4.37. The third-order valence-corrected chi connectivity index (χ3v) is 3.25. The highest BCUT2D eigenvalue weighted by Gasteiger charge is 2.31. The number of hydrogen-bond acceptors (Lipinski definition) is 4. The molecule has 0 saturated carbocycles. The summed E-state index contributed by atoms with van der Waals surface area (Å²) in [4.78, 5) is 0.498. The molecule has 0 radical (unpaired) electrons. The molecule has 0 fully saturated rings. The van der Waals surface area contributed by atoms with Gasteiger partial charge in [0.25, 0.3) is 0 Å². The molecule has 2 rings (SSSR count). The fourth-order valence-electron chi connectivity index (χ4n) is 1.61. The molecule has 1 N–H and O–H groups in total. The molecule has 3 nitrogen and oxygen atoms in total. The lowest BCUT2D eigenvalue weighted by Crippen LogP contribution is -2.07. The Morgan fingerprint density at radius 3 is 2.56 bits per heavy atom. The average molecular weight is 274 g/mol. The lowest BCUT2D eigenvalue weighted by Gasteiger charge is -2.14. The Hall–Kier alpha value is -1.47. The van der Waals surface area contributed by atoms with E-state index in [0.717, 1.165) is 23.7 Å². The van der Waals surface area contributed by atoms with Gasteiger partial charge in [-0.2, -0.15) is 13.2 Å². The molecule has 1 aromatic carbocycles. The second kappa shape index (κ2) is 4.66. The van der Waals surface area contributed by atoms with Crippen molar-refractivity contribution in [1.29, 1.82) is 0 Å². The maximum atomic E-state index is 12.5. The van der Waals surface area contributed by atoms with Crippen molar-refractivity contribution in [3.8, 4) is 0 Å². The Balaban J connectivity index is 2.36. The molecule has 0 aliphatic carbocycles. The summed E-state index contributed by atoms with van der Waals surface area (Å²) in [5.74, 6) is 0. The molecular formula is C11H9F3N2OS. The van der Waals surface area contributed by atoms with Gasteiger partial charge in [0.1, 0.15) is 6.10 Å². The molecule has 1 heterocycles. The Bertz CT molecular complexity index is 540. The minimum absolute atomic E-state index is 0.380. The van der Waals surface area contributed by atoms with Gasteiger partial charge in [-0.15, -0.1) is 5.10 Å². The number of alkyl halides is 3. The summed E-state index contributed by atoms with van der Waals surface area (Å²) in [6.45, 7) is 1.53. The van der Waals surface area contributed by atoms with Crippen molar-refractivity contribution in [3.63, 3.8) is 0 Å². The first kappa shape index (κ1) is 13.0. The van der Waals surface area contributed by atoms with Crippen molar-refractivity contribution in [3.05, 3.63) is 46.0 Å². The monoisotopic (exact) mass is 274 g/mol. The van der Waals surface area contributed by atoms with Crippen LogP contribution in [0.25, 0.3) is 0 Å². The summed E-state index contributed by atoms with van der Waals surface area (Å²) >= 11 is 1.01. The van der Waals surface area contributed by atoms with Gasteiger partial charge in [0.05, 0.1) is 16.6 Å². The molecule has 7 heteroatoms. The van der Waals surface area contributed by atoms with E-state index in [1.165, 1.54) is 19.2 Å². The van der Waals surface area contributed by atoms with Gasteiger partial charge in [0.2, 0.25) is 0 Å². The SMILES string of the molecule is Cc1cc(C(F)(F)F)ccc1C(O)c1cnns1. The van der Waals surface area contributed by atoms with E-state index in [9.17, 15) is 18.3 Å². The zero-order chi connectivity index (χ0) is 13.3. The quantitative estimate of drug-likeness (QED) is 0.915. The normalized spacial score (nSPS) is 13.6. The molecule has 0 spiro atoms. The summed E-state index contributed by atoms with van der Waals surface area (Å²) < 4.78 is 41.1. The lowest BCUT2D eigenvalue weighted by molar-refractivity contribution is -0.137. The number of nitrogens with zero attached hydrogens (tertiary/aromatic N) is 2. The van der Waals surface area contributed by atoms with Crippen LogP contribution < -0.4 is 0 Å². The van der Waals surface area contributed by atoms with E-state index in [0.29, 0.717) is 16.0 Å². The topological polar surface area (TPSA) is 46.0 Å². The van der Waals surface area contributed by atoms with E-state index in [1.807, 2.05) is 0 Å². The molecule has 18 heavy (non-hydrogen) atoms. The number of aromatic nitrogens is 2. The molecule has 96 valence electrons. The summed E-state index contributed by atoms with van der Waals surface area (Å²) in [5.41, 5.74) is 0.0816. The predicted molar refractivity (Wildman–Crippen MR) is 60.2 cm³/mol. The second-order valence-corrected chi connectivity index (χ2v) is 4.61. The van der Waals surface area contributed by atoms with Gasteiger partial charge in [-0.1, -0.05) is 10.6 Å². The van der Waals surface area contributed by atoms with Crippen LogP contribution in [0.3, 0.4) is 0 Å². The number of halogens is 3. The molecule has 1 unspecified atom stereocenters. The number of hydrogen-bond donors (Lipinski definition) is 1. The van der Waals surface area contributed by atoms with Gasteiger partial charge >= 0.3 is 6.18 Å². The highest BCUT2D eigenvalue weighted by molar-refractivity contribution is 7.05. The van der Waals surface area contributed by atoms with E-state index in [4.69, 9.17) is 0 Å². The van der Waals surface area contributed by atoms with Crippen molar-refractivity contribution >= 4 is 11.5 Å². The van der Waals surface area contributed by atoms with Crippen LogP contribution in [0.5, 0.6) is 0 Å². The van der Waals surface area contributed by atoms with Crippen LogP contribution in [0.1, 0.15) is 27.7 Å². The third-order valence-electron chi connectivity index (χ3n) is 2.54. The van der Waals surface area contributed by atoms with Crippen molar-refractivity contribution < 1.29 is 18.3 Å². The smallest absolute Gasteiger partial charge is 0.383 e. The van der Waals surface area contributed by atoms with Crippen molar-refractivity contribution in [2.24, 2.45) is 0 Å². The highest BCUT2D eigenvalue weighted by atomic mass is 32.1. The Kier molecular flexibility index (Phi) is 3.36. The number of aliphatic hydroxyl groups is 1. The molecule has 2 aromatic rings. The second-order valence-electron chi connectivity index (χ2n) is 3.79. The third kappa shape index (κ3) is 2.51. The summed E-state index contributed by atoms with van der Waals surface area (Å²) in [7, 11) is 0. The number of benzene rings is 1. The first-order valence-corrected chi connectivity index (χ1v) is 5.80. The molecule has 1 atom stereocenters. The van der Waals surface area contributed by atoms with Crippen molar-refractivity contribution in [2.75, 3.05) is 0 Å². The number of rotatable bonds is 2. The van der Waals surface area contributed by atoms with Gasteiger partial charge < -0.3 is 5.11 Å². The van der Waals surface area contributed by atoms with Crippen molar-refractivity contribution in [2.45, 2.75) is 19.2 Å². The Morgan fingerprint density at radius 1 is 1.33 bits per heavy atom. The predicted octanol–water partition coefficient (Wildman–Crippen LogP) is 2.95. The zero-order valence-corrected chi connectivity index (χ0v) is 10.1. The van der Waals surface area contributed by atoms with Crippen molar-refractivity contribution in [1.82, 2.24) is 9.59 Å². The Morgan fingerprint density at radius 2 is 2.06 bits per heavy atom. The van der Waals surface area contributed by atoms with Crippen LogP contribution in [0, 0.1) is 6.92 Å². The van der Waals surface area contributed by atoms with E-state index in [2.05, 4.69) is 9.59 Å². The van der Waals surface area contributed by atoms with E-state index in [-0.39, 0.29) is 0 Å². The van der Waals surface area contributed by atoms with Gasteiger partial charge in [0, 0.05) is 0 Å². The molecule has 0 aliphatic heterocycles. The zero-order valence-electron chi connectivity index (χ0n) is 9.27. The molecular weight excluding hydrogens is 265 g/mol. The summed E-state index contributed by atoms with van der Waals surface area (Å²) in [6.07, 6.45) is -3.97. The maximum Gasteiger partial charge on any atom is 0.416 e. The number of aryl methyl sites for hydroxylation is 1. The van der Waals surface area contributed by atoms with E-state index >= 15 is 0 Å². The largest absolute Gasteiger partial charge is 0.416 e. The molecule has 0 saturated heterocycles. The van der Waals surface area contributed by atoms with E-state index < -0.39 is 17.8 Å². The van der Waals surface area contributed by atoms with Crippen LogP contribution >= 0.6 is 11.5 Å². The van der Waals surface area contributed by atoms with Crippen LogP contribution in [0.15, 0.2) is 24.4 Å². The van der Waals surface area contributed by atoms with Gasteiger partial charge in [-0.05, 0) is 41.7 Å². The minimum Gasteiger partial charge on any atom is -0.383 e. The lowest BCUT2D eigenvalue weighted by atomic mass is 10.00. The van der Waals surface area contributed by atoms with Crippen LogP contribution in [0.2, 0.25) is 0 Å². The van der Waals surface area contributed by atoms with Gasteiger partial charge in [0.15, 0.2) is 0 Å². The summed E-state index contributed by atoms with van der Waals surface area (Å²) in [5, 5.41) is 13.6. The summed E-state index contributed by atoms with van der Waals surface area (Å²) in [6, 6.07) is 3.26. The fourth-order valence-corrected chi connectivity index (χ4v) is 2.12. The van der Waals surface area contributed by atoms with Crippen LogP contribution in [-0.4, -0.2) is 14.7 Å². The molecule has 0 amide bonds. The van der Waals surface area contributed by atoms with Gasteiger partial charge in [-0.3, -0.25) is 0 Å². The first-order chi connectivity index (χ1) is 8.39. The standard InChI is InChI=1S/C11H9F3N2OS/c1-6-4-7(11(12,13)14)2-3-8(6)10(17)9-5-15-16-18-9/h2-5,10,17H,1H3. The van der Waals surface area contributed by atoms with Crippen LogP contribution in [0.4, 0.5) is 13.2 Å². The molecule has 0 bridgehead atoms. The fraction of sp³-hybridized carbons (Fsp3) is 0.273. The van der Waals surface area contributed by atoms with E-state index in [1.54, 1.807) is 0 Å². The first-order valence-electron chi connectivity index (χ1n) is 5.02. The Labute approximate surface area is 105 Å². The van der Waals surface area contributed by atoms with Gasteiger partial charge in [-0.25, -0.2) is 0 Å². The molecule has 0 aliphatic rings.